The summed E-state index contributed by atoms with van der Waals surface area (Å²) in [4.78, 5) is 23.7. The lowest BCUT2D eigenvalue weighted by Gasteiger charge is -2.52. The van der Waals surface area contributed by atoms with Gasteiger partial charge in [0.15, 0.2) is 11.6 Å². The molecular formula is C18H20O3. The number of Topliss-reactive ketones (excluding diaryl/α,β-unsaturated/α-hetero) is 1. The number of allylic oxidation sites excluding steroid dienone is 6. The quantitative estimate of drug-likeness (QED) is 0.743. The average Bonchev–Trinajstić information content (AvgIpc) is 2.76. The minimum absolute atomic E-state index is 0.0280. The third-order valence-electron chi connectivity index (χ3n) is 6.33. The Morgan fingerprint density at radius 1 is 1.19 bits per heavy atom. The fraction of sp³-hybridized carbons (Fsp3) is 0.556. The summed E-state index contributed by atoms with van der Waals surface area (Å²) in [5, 5.41) is 10.8. The Kier molecular flexibility index (Phi) is 2.54. The molecule has 4 aliphatic rings. The maximum Gasteiger partial charge on any atom is 0.178 e. The molecule has 3 nitrogen and oxygen atoms in total. The summed E-state index contributed by atoms with van der Waals surface area (Å²) in [7, 11) is 0. The summed E-state index contributed by atoms with van der Waals surface area (Å²) in [6.07, 6.45) is 12.3. The SMILES string of the molecule is C[C@]12C=CC(=O)C=C1C=C[C@@H]1[C@@H]2CC[C@]2(O)C(=O)CC[C@@H]12. The molecule has 2 fully saturated rings. The van der Waals surface area contributed by atoms with Crippen molar-refractivity contribution >= 4 is 11.6 Å². The first-order chi connectivity index (χ1) is 9.95. The van der Waals surface area contributed by atoms with Crippen LogP contribution in [0, 0.1) is 23.2 Å². The van der Waals surface area contributed by atoms with Gasteiger partial charge in [-0.1, -0.05) is 25.2 Å². The molecular weight excluding hydrogens is 264 g/mol. The van der Waals surface area contributed by atoms with E-state index >= 15 is 0 Å². The molecule has 4 aliphatic carbocycles. The summed E-state index contributed by atoms with van der Waals surface area (Å²) >= 11 is 0. The summed E-state index contributed by atoms with van der Waals surface area (Å²) in [6.45, 7) is 2.18. The van der Waals surface area contributed by atoms with E-state index < -0.39 is 5.60 Å². The lowest BCUT2D eigenvalue weighted by atomic mass is 9.52. The van der Waals surface area contributed by atoms with Crippen molar-refractivity contribution in [3.05, 3.63) is 36.0 Å². The number of carbonyl (C=O) groups is 2. The number of hydrogen-bond donors (Lipinski definition) is 1. The Balaban J connectivity index is 1.78. The Labute approximate surface area is 124 Å². The van der Waals surface area contributed by atoms with Crippen molar-refractivity contribution in [2.24, 2.45) is 23.2 Å². The van der Waals surface area contributed by atoms with Crippen LogP contribution in [-0.2, 0) is 9.59 Å². The maximum atomic E-state index is 12.1. The Morgan fingerprint density at radius 3 is 2.81 bits per heavy atom. The molecule has 0 spiro atoms. The van der Waals surface area contributed by atoms with Gasteiger partial charge in [0, 0.05) is 17.8 Å². The van der Waals surface area contributed by atoms with Gasteiger partial charge < -0.3 is 5.11 Å². The number of rotatable bonds is 0. The summed E-state index contributed by atoms with van der Waals surface area (Å²) < 4.78 is 0. The first-order valence-electron chi connectivity index (χ1n) is 7.84. The lowest BCUT2D eigenvalue weighted by molar-refractivity contribution is -0.145. The smallest absolute Gasteiger partial charge is 0.178 e. The number of hydrogen-bond acceptors (Lipinski definition) is 3. The highest BCUT2D eigenvalue weighted by atomic mass is 16.3. The van der Waals surface area contributed by atoms with Crippen LogP contribution in [0.5, 0.6) is 0 Å². The van der Waals surface area contributed by atoms with E-state index in [9.17, 15) is 14.7 Å². The van der Waals surface area contributed by atoms with Crippen LogP contribution in [0.15, 0.2) is 36.0 Å². The van der Waals surface area contributed by atoms with Crippen molar-refractivity contribution < 1.29 is 14.7 Å². The minimum Gasteiger partial charge on any atom is -0.382 e. The normalized spacial score (nSPS) is 47.7. The number of ketones is 2. The van der Waals surface area contributed by atoms with Gasteiger partial charge in [-0.3, -0.25) is 9.59 Å². The monoisotopic (exact) mass is 284 g/mol. The highest BCUT2D eigenvalue weighted by Gasteiger charge is 2.58. The van der Waals surface area contributed by atoms with Gasteiger partial charge in [0.2, 0.25) is 0 Å². The first-order valence-corrected chi connectivity index (χ1v) is 7.84. The molecule has 4 rings (SSSR count). The summed E-state index contributed by atoms with van der Waals surface area (Å²) in [5.41, 5.74) is -0.164. The Bertz CT molecular complexity index is 626. The topological polar surface area (TPSA) is 54.4 Å². The van der Waals surface area contributed by atoms with Gasteiger partial charge >= 0.3 is 0 Å². The molecule has 3 heteroatoms. The van der Waals surface area contributed by atoms with Gasteiger partial charge in [-0.25, -0.2) is 0 Å². The van der Waals surface area contributed by atoms with Gasteiger partial charge in [0.05, 0.1) is 0 Å². The Morgan fingerprint density at radius 2 is 2.00 bits per heavy atom. The number of aliphatic hydroxyl groups is 1. The lowest BCUT2D eigenvalue weighted by Crippen LogP contribution is -2.53. The second-order valence-corrected chi connectivity index (χ2v) is 7.19. The second kappa shape index (κ2) is 4.04. The van der Waals surface area contributed by atoms with Crippen LogP contribution in [-0.4, -0.2) is 22.3 Å². The summed E-state index contributed by atoms with van der Waals surface area (Å²) in [6, 6.07) is 0. The van der Waals surface area contributed by atoms with Gasteiger partial charge in [-0.05, 0) is 48.8 Å². The van der Waals surface area contributed by atoms with Crippen LogP contribution in [0.4, 0.5) is 0 Å². The van der Waals surface area contributed by atoms with Gasteiger partial charge in [-0.15, -0.1) is 0 Å². The van der Waals surface area contributed by atoms with Gasteiger partial charge in [-0.2, -0.15) is 0 Å². The standard InChI is InChI=1S/C18H20O3/c1-17-8-6-12(19)10-11(17)2-3-13-14(17)7-9-18(21)15(13)4-5-16(18)20/h2-3,6,8,10,13-15,21H,4-5,7,9H2,1H3/t13-,14+,15+,17+,18-/m1/s1. The first kappa shape index (κ1) is 13.2. The van der Waals surface area contributed by atoms with E-state index in [1.807, 2.05) is 12.2 Å². The number of fused-ring (bicyclic) bond motifs is 5. The van der Waals surface area contributed by atoms with Crippen molar-refractivity contribution in [1.29, 1.82) is 0 Å². The van der Waals surface area contributed by atoms with Crippen molar-refractivity contribution in [3.63, 3.8) is 0 Å². The highest BCUT2D eigenvalue weighted by molar-refractivity contribution is 6.01. The van der Waals surface area contributed by atoms with Crippen molar-refractivity contribution in [3.8, 4) is 0 Å². The molecule has 0 unspecified atom stereocenters. The van der Waals surface area contributed by atoms with E-state index in [4.69, 9.17) is 0 Å². The molecule has 0 aromatic rings. The molecule has 0 amide bonds. The Hall–Kier alpha value is -1.48. The molecule has 0 heterocycles. The predicted octanol–water partition coefficient (Wildman–Crippen LogP) is 2.36. The molecule has 110 valence electrons. The van der Waals surface area contributed by atoms with E-state index in [2.05, 4.69) is 13.0 Å². The average molecular weight is 284 g/mol. The largest absolute Gasteiger partial charge is 0.382 e. The molecule has 0 radical (unpaired) electrons. The molecule has 2 saturated carbocycles. The third kappa shape index (κ3) is 1.58. The zero-order chi connectivity index (χ0) is 14.8. The van der Waals surface area contributed by atoms with Crippen molar-refractivity contribution in [2.45, 2.75) is 38.2 Å². The molecule has 1 N–H and O–H groups in total. The fourth-order valence-electron chi connectivity index (χ4n) is 5.09. The zero-order valence-electron chi connectivity index (χ0n) is 12.2. The van der Waals surface area contributed by atoms with E-state index in [0.717, 1.165) is 18.4 Å². The van der Waals surface area contributed by atoms with Gasteiger partial charge in [0.1, 0.15) is 5.60 Å². The summed E-state index contributed by atoms with van der Waals surface area (Å²) in [5.74, 6) is 0.725. The maximum absolute atomic E-state index is 12.1. The van der Waals surface area contributed by atoms with Crippen LogP contribution >= 0.6 is 0 Å². The molecule has 0 saturated heterocycles. The fourth-order valence-corrected chi connectivity index (χ4v) is 5.09. The van der Waals surface area contributed by atoms with Crippen LogP contribution in [0.25, 0.3) is 0 Å². The third-order valence-corrected chi connectivity index (χ3v) is 6.33. The highest BCUT2D eigenvalue weighted by Crippen LogP contribution is 2.58. The predicted molar refractivity (Wildman–Crippen MR) is 78.4 cm³/mol. The minimum atomic E-state index is -1.10. The van der Waals surface area contributed by atoms with E-state index in [-0.39, 0.29) is 28.8 Å². The van der Waals surface area contributed by atoms with Crippen LogP contribution < -0.4 is 0 Å². The molecule has 21 heavy (non-hydrogen) atoms. The molecule has 0 aliphatic heterocycles. The van der Waals surface area contributed by atoms with E-state index in [1.165, 1.54) is 0 Å². The second-order valence-electron chi connectivity index (χ2n) is 7.19. The van der Waals surface area contributed by atoms with Crippen LogP contribution in [0.3, 0.4) is 0 Å². The van der Waals surface area contributed by atoms with Crippen molar-refractivity contribution in [2.75, 3.05) is 0 Å². The van der Waals surface area contributed by atoms with Gasteiger partial charge in [0.25, 0.3) is 0 Å². The number of carbonyl (C=O) groups excluding carboxylic acids is 2. The molecule has 0 aromatic heterocycles. The molecule has 5 atom stereocenters. The van der Waals surface area contributed by atoms with E-state index in [0.29, 0.717) is 18.8 Å². The van der Waals surface area contributed by atoms with E-state index in [1.54, 1.807) is 12.2 Å². The van der Waals surface area contributed by atoms with Crippen molar-refractivity contribution in [1.82, 2.24) is 0 Å². The molecule has 0 aromatic carbocycles. The molecule has 0 bridgehead atoms. The van der Waals surface area contributed by atoms with Crippen LogP contribution in [0.1, 0.15) is 32.6 Å². The van der Waals surface area contributed by atoms with Crippen LogP contribution in [0.2, 0.25) is 0 Å². The zero-order valence-corrected chi connectivity index (χ0v) is 12.2.